The number of fused-ring (bicyclic) bond motifs is 1. The minimum absolute atomic E-state index is 0.131. The SMILES string of the molecule is O=S(=O)(O)c1ccc(Br)c2ccncc12. The van der Waals surface area contributed by atoms with Crippen LogP contribution in [-0.4, -0.2) is 18.0 Å². The Bertz CT molecular complexity index is 624. The molecule has 0 fully saturated rings. The number of halogens is 1. The highest BCUT2D eigenvalue weighted by molar-refractivity contribution is 9.10. The topological polar surface area (TPSA) is 67.3 Å². The highest BCUT2D eigenvalue weighted by atomic mass is 79.9. The zero-order chi connectivity index (χ0) is 11.1. The van der Waals surface area contributed by atoms with E-state index in [9.17, 15) is 8.42 Å². The number of aromatic nitrogens is 1. The molecule has 0 unspecified atom stereocenters. The van der Waals surface area contributed by atoms with Crippen LogP contribution in [0.15, 0.2) is 40.0 Å². The van der Waals surface area contributed by atoms with Crippen molar-refractivity contribution in [3.05, 3.63) is 35.1 Å². The Hall–Kier alpha value is -0.980. The van der Waals surface area contributed by atoms with Gasteiger partial charge in [0.25, 0.3) is 10.1 Å². The van der Waals surface area contributed by atoms with E-state index in [1.165, 1.54) is 12.3 Å². The largest absolute Gasteiger partial charge is 0.295 e. The van der Waals surface area contributed by atoms with Crippen LogP contribution < -0.4 is 0 Å². The van der Waals surface area contributed by atoms with Gasteiger partial charge in [-0.2, -0.15) is 8.42 Å². The van der Waals surface area contributed by atoms with E-state index in [1.807, 2.05) is 0 Å². The van der Waals surface area contributed by atoms with Crippen molar-refractivity contribution in [2.45, 2.75) is 4.90 Å². The first-order valence-electron chi connectivity index (χ1n) is 4.00. The average Bonchev–Trinajstić information content (AvgIpc) is 2.17. The van der Waals surface area contributed by atoms with Crippen LogP contribution in [0.3, 0.4) is 0 Å². The molecule has 6 heteroatoms. The van der Waals surface area contributed by atoms with Crippen molar-refractivity contribution in [3.8, 4) is 0 Å². The average molecular weight is 288 g/mol. The molecule has 0 saturated heterocycles. The van der Waals surface area contributed by atoms with Gasteiger partial charge in [-0.15, -0.1) is 0 Å². The molecule has 0 radical (unpaired) electrons. The molecule has 2 rings (SSSR count). The third-order valence-electron chi connectivity index (χ3n) is 2.00. The molecule has 1 N–H and O–H groups in total. The Morgan fingerprint density at radius 2 is 1.93 bits per heavy atom. The third kappa shape index (κ3) is 1.88. The van der Waals surface area contributed by atoms with Gasteiger partial charge in [0, 0.05) is 27.6 Å². The molecule has 0 aliphatic carbocycles. The molecular weight excluding hydrogens is 282 g/mol. The molecule has 1 aromatic carbocycles. The second-order valence-corrected chi connectivity index (χ2v) is 5.19. The van der Waals surface area contributed by atoms with Crippen LogP contribution in [0.2, 0.25) is 0 Å². The van der Waals surface area contributed by atoms with Crippen molar-refractivity contribution < 1.29 is 13.0 Å². The second kappa shape index (κ2) is 3.55. The molecule has 1 heterocycles. The molecule has 0 atom stereocenters. The summed E-state index contributed by atoms with van der Waals surface area (Å²) in [5, 5.41) is 1.09. The molecule has 4 nitrogen and oxygen atoms in total. The lowest BCUT2D eigenvalue weighted by Crippen LogP contribution is -1.99. The maximum absolute atomic E-state index is 11.1. The standard InChI is InChI=1S/C9H6BrNO3S/c10-8-1-2-9(15(12,13)14)7-5-11-4-3-6(7)8/h1-5H,(H,12,13,14). The smallest absolute Gasteiger partial charge is 0.282 e. The Morgan fingerprint density at radius 1 is 1.20 bits per heavy atom. The van der Waals surface area contributed by atoms with Crippen LogP contribution in [0.1, 0.15) is 0 Å². The van der Waals surface area contributed by atoms with E-state index in [1.54, 1.807) is 18.3 Å². The monoisotopic (exact) mass is 287 g/mol. The predicted molar refractivity (Wildman–Crippen MR) is 59.3 cm³/mol. The number of rotatable bonds is 1. The minimum Gasteiger partial charge on any atom is -0.282 e. The first-order chi connectivity index (χ1) is 7.00. The van der Waals surface area contributed by atoms with Crippen LogP contribution in [0.25, 0.3) is 10.8 Å². The maximum Gasteiger partial charge on any atom is 0.295 e. The predicted octanol–water partition coefficient (Wildman–Crippen LogP) is 2.24. The van der Waals surface area contributed by atoms with Crippen molar-refractivity contribution in [2.75, 3.05) is 0 Å². The van der Waals surface area contributed by atoms with E-state index in [0.717, 1.165) is 4.47 Å². The van der Waals surface area contributed by atoms with Gasteiger partial charge >= 0.3 is 0 Å². The third-order valence-corrected chi connectivity index (χ3v) is 3.61. The van der Waals surface area contributed by atoms with Crippen LogP contribution in [-0.2, 0) is 10.1 Å². The number of hydrogen-bond donors (Lipinski definition) is 1. The highest BCUT2D eigenvalue weighted by Gasteiger charge is 2.14. The summed E-state index contributed by atoms with van der Waals surface area (Å²) in [6, 6.07) is 4.59. The zero-order valence-electron chi connectivity index (χ0n) is 7.38. The Morgan fingerprint density at radius 3 is 2.60 bits per heavy atom. The molecular formula is C9H6BrNO3S. The van der Waals surface area contributed by atoms with Crippen LogP contribution >= 0.6 is 15.9 Å². The van der Waals surface area contributed by atoms with Crippen molar-refractivity contribution in [2.24, 2.45) is 0 Å². The van der Waals surface area contributed by atoms with Gasteiger partial charge in [-0.3, -0.25) is 9.54 Å². The summed E-state index contributed by atoms with van der Waals surface area (Å²) in [6.07, 6.45) is 2.96. The van der Waals surface area contributed by atoms with Crippen LogP contribution in [0.5, 0.6) is 0 Å². The van der Waals surface area contributed by atoms with Gasteiger partial charge in [0.1, 0.15) is 4.90 Å². The van der Waals surface area contributed by atoms with Crippen molar-refractivity contribution >= 4 is 36.8 Å². The van der Waals surface area contributed by atoms with E-state index < -0.39 is 10.1 Å². The molecule has 0 saturated carbocycles. The lowest BCUT2D eigenvalue weighted by Gasteiger charge is -2.04. The fourth-order valence-electron chi connectivity index (χ4n) is 1.35. The molecule has 2 aromatic rings. The van der Waals surface area contributed by atoms with Gasteiger partial charge in [-0.25, -0.2) is 0 Å². The maximum atomic E-state index is 11.1. The summed E-state index contributed by atoms with van der Waals surface area (Å²) in [5.41, 5.74) is 0. The fourth-order valence-corrected chi connectivity index (χ4v) is 2.51. The van der Waals surface area contributed by atoms with Gasteiger partial charge in [-0.1, -0.05) is 15.9 Å². The second-order valence-electron chi connectivity index (χ2n) is 2.94. The van der Waals surface area contributed by atoms with E-state index in [0.29, 0.717) is 10.8 Å². The first-order valence-corrected chi connectivity index (χ1v) is 6.23. The Labute approximate surface area is 94.8 Å². The summed E-state index contributed by atoms with van der Waals surface area (Å²) in [6.45, 7) is 0. The number of benzene rings is 1. The van der Waals surface area contributed by atoms with Gasteiger partial charge in [0.2, 0.25) is 0 Å². The van der Waals surface area contributed by atoms with Crippen LogP contribution in [0.4, 0.5) is 0 Å². The minimum atomic E-state index is -4.21. The molecule has 0 bridgehead atoms. The molecule has 0 aliphatic heterocycles. The van der Waals surface area contributed by atoms with Gasteiger partial charge < -0.3 is 0 Å². The first kappa shape index (κ1) is 10.5. The van der Waals surface area contributed by atoms with Gasteiger partial charge in [-0.05, 0) is 18.2 Å². The van der Waals surface area contributed by atoms with Gasteiger partial charge in [0.15, 0.2) is 0 Å². The Kier molecular flexibility index (Phi) is 2.49. The zero-order valence-corrected chi connectivity index (χ0v) is 9.79. The van der Waals surface area contributed by atoms with E-state index in [2.05, 4.69) is 20.9 Å². The number of nitrogens with zero attached hydrogens (tertiary/aromatic N) is 1. The van der Waals surface area contributed by atoms with Crippen molar-refractivity contribution in [3.63, 3.8) is 0 Å². The van der Waals surface area contributed by atoms with Crippen LogP contribution in [0, 0.1) is 0 Å². The number of pyridine rings is 1. The van der Waals surface area contributed by atoms with Gasteiger partial charge in [0.05, 0.1) is 0 Å². The normalized spacial score (nSPS) is 11.9. The molecule has 0 aliphatic rings. The summed E-state index contributed by atoms with van der Waals surface area (Å²) < 4.78 is 31.9. The van der Waals surface area contributed by atoms with Crippen molar-refractivity contribution in [1.82, 2.24) is 4.98 Å². The molecule has 15 heavy (non-hydrogen) atoms. The quantitative estimate of drug-likeness (QED) is 0.817. The van der Waals surface area contributed by atoms with E-state index in [4.69, 9.17) is 4.55 Å². The van der Waals surface area contributed by atoms with E-state index in [-0.39, 0.29) is 4.90 Å². The van der Waals surface area contributed by atoms with Crippen molar-refractivity contribution in [1.29, 1.82) is 0 Å². The molecule has 0 amide bonds. The lowest BCUT2D eigenvalue weighted by molar-refractivity contribution is 0.484. The highest BCUT2D eigenvalue weighted by Crippen LogP contribution is 2.28. The number of hydrogen-bond acceptors (Lipinski definition) is 3. The summed E-state index contributed by atoms with van der Waals surface area (Å²) in [5.74, 6) is 0. The Balaban J connectivity index is 2.96. The molecule has 0 spiro atoms. The summed E-state index contributed by atoms with van der Waals surface area (Å²) in [7, 11) is -4.21. The molecule has 78 valence electrons. The fraction of sp³-hybridized carbons (Fsp3) is 0. The summed E-state index contributed by atoms with van der Waals surface area (Å²) in [4.78, 5) is 3.70. The molecule has 1 aromatic heterocycles. The van der Waals surface area contributed by atoms with E-state index >= 15 is 0 Å². The summed E-state index contributed by atoms with van der Waals surface area (Å²) >= 11 is 3.29. The lowest BCUT2D eigenvalue weighted by atomic mass is 10.2.